The standard InChI is InChI=1S/C17H25N3O.ClH/c1-17(11-18)9-10-20(12-17)15(13-5-3-2-4-6-13)16(21)19-14-7-8-14;/h2-6,14-15H,7-12,18H2,1H3,(H,19,21);1H. The van der Waals surface area contributed by atoms with Crippen molar-refractivity contribution in [1.82, 2.24) is 10.2 Å². The van der Waals surface area contributed by atoms with Gasteiger partial charge in [0.15, 0.2) is 0 Å². The Balaban J connectivity index is 0.00000176. The molecule has 3 rings (SSSR count). The number of hydrogen-bond acceptors (Lipinski definition) is 3. The van der Waals surface area contributed by atoms with E-state index in [4.69, 9.17) is 5.73 Å². The summed E-state index contributed by atoms with van der Waals surface area (Å²) in [6, 6.07) is 10.3. The molecule has 0 radical (unpaired) electrons. The first kappa shape index (κ1) is 17.3. The van der Waals surface area contributed by atoms with Crippen LogP contribution in [-0.4, -0.2) is 36.5 Å². The zero-order chi connectivity index (χ0) is 14.9. The highest BCUT2D eigenvalue weighted by Crippen LogP contribution is 2.35. The lowest BCUT2D eigenvalue weighted by molar-refractivity contribution is -0.126. The minimum Gasteiger partial charge on any atom is -0.352 e. The molecule has 0 aromatic heterocycles. The highest BCUT2D eigenvalue weighted by molar-refractivity contribution is 5.85. The number of nitrogens with two attached hydrogens (primary N) is 1. The predicted octanol–water partition coefficient (Wildman–Crippen LogP) is 2.10. The first-order valence-electron chi connectivity index (χ1n) is 7.91. The predicted molar refractivity (Wildman–Crippen MR) is 90.9 cm³/mol. The third-order valence-electron chi connectivity index (χ3n) is 4.73. The molecule has 122 valence electrons. The summed E-state index contributed by atoms with van der Waals surface area (Å²) in [5.41, 5.74) is 7.12. The average molecular weight is 324 g/mol. The Bertz CT molecular complexity index is 506. The fourth-order valence-corrected chi connectivity index (χ4v) is 3.12. The normalized spacial score (nSPS) is 26.3. The smallest absolute Gasteiger partial charge is 0.242 e. The molecule has 1 aliphatic heterocycles. The Morgan fingerprint density at radius 3 is 2.64 bits per heavy atom. The van der Waals surface area contributed by atoms with Crippen molar-refractivity contribution in [2.24, 2.45) is 11.1 Å². The minimum atomic E-state index is -0.180. The lowest BCUT2D eigenvalue weighted by atomic mass is 9.90. The van der Waals surface area contributed by atoms with Crippen LogP contribution in [0.2, 0.25) is 0 Å². The van der Waals surface area contributed by atoms with E-state index in [9.17, 15) is 4.79 Å². The molecule has 1 heterocycles. The SMILES string of the molecule is CC1(CN)CCN(C(C(=O)NC2CC2)c2ccccc2)C1.Cl. The lowest BCUT2D eigenvalue weighted by Crippen LogP contribution is -2.42. The van der Waals surface area contributed by atoms with E-state index in [1.165, 1.54) is 0 Å². The summed E-state index contributed by atoms with van der Waals surface area (Å²) in [6.07, 6.45) is 3.30. The summed E-state index contributed by atoms with van der Waals surface area (Å²) in [5.74, 6) is 0.143. The number of rotatable bonds is 5. The quantitative estimate of drug-likeness (QED) is 0.872. The van der Waals surface area contributed by atoms with Gasteiger partial charge < -0.3 is 11.1 Å². The van der Waals surface area contributed by atoms with Crippen LogP contribution >= 0.6 is 12.4 Å². The zero-order valence-corrected chi connectivity index (χ0v) is 13.9. The van der Waals surface area contributed by atoms with E-state index < -0.39 is 0 Å². The molecule has 2 fully saturated rings. The van der Waals surface area contributed by atoms with Crippen LogP contribution in [0.1, 0.15) is 37.8 Å². The number of carbonyl (C=O) groups is 1. The molecule has 2 aliphatic rings. The molecule has 1 saturated heterocycles. The van der Waals surface area contributed by atoms with Crippen molar-refractivity contribution in [2.75, 3.05) is 19.6 Å². The van der Waals surface area contributed by atoms with E-state index in [2.05, 4.69) is 29.3 Å². The second-order valence-electron chi connectivity index (χ2n) is 6.83. The number of carbonyl (C=O) groups excluding carboxylic acids is 1. The highest BCUT2D eigenvalue weighted by atomic mass is 35.5. The van der Waals surface area contributed by atoms with E-state index in [0.29, 0.717) is 12.6 Å². The number of halogens is 1. The number of nitrogens with zero attached hydrogens (tertiary/aromatic N) is 1. The molecular formula is C17H26ClN3O. The molecule has 2 atom stereocenters. The summed E-state index contributed by atoms with van der Waals surface area (Å²) in [6.45, 7) is 4.72. The van der Waals surface area contributed by atoms with Gasteiger partial charge in [0.05, 0.1) is 0 Å². The summed E-state index contributed by atoms with van der Waals surface area (Å²) in [4.78, 5) is 15.0. The van der Waals surface area contributed by atoms with Crippen LogP contribution < -0.4 is 11.1 Å². The van der Waals surface area contributed by atoms with Gasteiger partial charge >= 0.3 is 0 Å². The number of benzene rings is 1. The lowest BCUT2D eigenvalue weighted by Gasteiger charge is -2.29. The molecule has 0 bridgehead atoms. The molecule has 22 heavy (non-hydrogen) atoms. The van der Waals surface area contributed by atoms with Crippen molar-refractivity contribution in [3.05, 3.63) is 35.9 Å². The largest absolute Gasteiger partial charge is 0.352 e. The summed E-state index contributed by atoms with van der Waals surface area (Å²) < 4.78 is 0. The van der Waals surface area contributed by atoms with Gasteiger partial charge in [0, 0.05) is 12.6 Å². The van der Waals surface area contributed by atoms with E-state index in [0.717, 1.165) is 37.9 Å². The second kappa shape index (κ2) is 6.99. The first-order valence-corrected chi connectivity index (χ1v) is 7.91. The molecule has 3 N–H and O–H groups in total. The third-order valence-corrected chi connectivity index (χ3v) is 4.73. The van der Waals surface area contributed by atoms with Gasteiger partial charge in [0.1, 0.15) is 6.04 Å². The molecule has 5 heteroatoms. The summed E-state index contributed by atoms with van der Waals surface area (Å²) in [5, 5.41) is 3.16. The number of nitrogens with one attached hydrogen (secondary N) is 1. The van der Waals surface area contributed by atoms with Crippen LogP contribution in [0.5, 0.6) is 0 Å². The minimum absolute atomic E-state index is 0. The fraction of sp³-hybridized carbons (Fsp3) is 0.588. The molecule has 4 nitrogen and oxygen atoms in total. The van der Waals surface area contributed by atoms with Crippen LogP contribution in [0.25, 0.3) is 0 Å². The molecule has 1 aromatic carbocycles. The van der Waals surface area contributed by atoms with Gasteiger partial charge in [-0.15, -0.1) is 12.4 Å². The van der Waals surface area contributed by atoms with Crippen molar-refractivity contribution in [3.63, 3.8) is 0 Å². The van der Waals surface area contributed by atoms with Gasteiger partial charge in [-0.3, -0.25) is 9.69 Å². The Hall–Kier alpha value is -1.10. The summed E-state index contributed by atoms with van der Waals surface area (Å²) in [7, 11) is 0. The molecule has 1 aliphatic carbocycles. The van der Waals surface area contributed by atoms with E-state index in [1.54, 1.807) is 0 Å². The molecule has 1 amide bonds. The van der Waals surface area contributed by atoms with Gasteiger partial charge in [-0.05, 0) is 43.3 Å². The van der Waals surface area contributed by atoms with Crippen molar-refractivity contribution in [1.29, 1.82) is 0 Å². The van der Waals surface area contributed by atoms with E-state index >= 15 is 0 Å². The topological polar surface area (TPSA) is 58.4 Å². The van der Waals surface area contributed by atoms with Gasteiger partial charge in [-0.2, -0.15) is 0 Å². The average Bonchev–Trinajstić information content (AvgIpc) is 3.22. The maximum atomic E-state index is 12.7. The molecule has 0 spiro atoms. The number of hydrogen-bond donors (Lipinski definition) is 2. The van der Waals surface area contributed by atoms with Crippen molar-refractivity contribution >= 4 is 18.3 Å². The Morgan fingerprint density at radius 1 is 1.41 bits per heavy atom. The highest BCUT2D eigenvalue weighted by Gasteiger charge is 2.40. The van der Waals surface area contributed by atoms with Crippen molar-refractivity contribution in [3.8, 4) is 0 Å². The van der Waals surface area contributed by atoms with Crippen LogP contribution in [-0.2, 0) is 4.79 Å². The van der Waals surface area contributed by atoms with Crippen LogP contribution in [0.3, 0.4) is 0 Å². The number of amides is 1. The maximum Gasteiger partial charge on any atom is 0.242 e. The van der Waals surface area contributed by atoms with Gasteiger partial charge in [-0.25, -0.2) is 0 Å². The van der Waals surface area contributed by atoms with Crippen molar-refractivity contribution in [2.45, 2.75) is 38.3 Å². The van der Waals surface area contributed by atoms with Crippen LogP contribution in [0.4, 0.5) is 0 Å². The first-order chi connectivity index (χ1) is 10.1. The molecule has 2 unspecified atom stereocenters. The zero-order valence-electron chi connectivity index (χ0n) is 13.1. The monoisotopic (exact) mass is 323 g/mol. The van der Waals surface area contributed by atoms with E-state index in [-0.39, 0.29) is 29.8 Å². The molecular weight excluding hydrogens is 298 g/mol. The second-order valence-corrected chi connectivity index (χ2v) is 6.83. The Morgan fingerprint density at radius 2 is 2.09 bits per heavy atom. The van der Waals surface area contributed by atoms with Gasteiger partial charge in [0.2, 0.25) is 5.91 Å². The maximum absolute atomic E-state index is 12.7. The Kier molecular flexibility index (Phi) is 5.48. The summed E-state index contributed by atoms with van der Waals surface area (Å²) >= 11 is 0. The van der Waals surface area contributed by atoms with Crippen LogP contribution in [0.15, 0.2) is 30.3 Å². The molecule has 1 saturated carbocycles. The molecule has 1 aromatic rings. The Labute approximate surface area is 138 Å². The number of likely N-dealkylation sites (tertiary alicyclic amines) is 1. The fourth-order valence-electron chi connectivity index (χ4n) is 3.12. The van der Waals surface area contributed by atoms with Gasteiger partial charge in [-0.1, -0.05) is 37.3 Å². The third kappa shape index (κ3) is 3.80. The van der Waals surface area contributed by atoms with Crippen molar-refractivity contribution < 1.29 is 4.79 Å². The van der Waals surface area contributed by atoms with E-state index in [1.807, 2.05) is 18.2 Å². The van der Waals surface area contributed by atoms with Gasteiger partial charge in [0.25, 0.3) is 0 Å². The van der Waals surface area contributed by atoms with Crippen LogP contribution in [0, 0.1) is 5.41 Å².